The van der Waals surface area contributed by atoms with E-state index in [1.165, 1.54) is 12.8 Å². The predicted molar refractivity (Wildman–Crippen MR) is 79.3 cm³/mol. The van der Waals surface area contributed by atoms with E-state index in [1.54, 1.807) is 0 Å². The fraction of sp³-hybridized carbons (Fsp3) is 0.733. The third-order valence-electron chi connectivity index (χ3n) is 2.95. The summed E-state index contributed by atoms with van der Waals surface area (Å²) in [6.07, 6.45) is 2.37. The molecule has 0 aliphatic heterocycles. The summed E-state index contributed by atoms with van der Waals surface area (Å²) in [5.74, 6) is 3.47. The Kier molecular flexibility index (Phi) is 5.59. The van der Waals surface area contributed by atoms with Gasteiger partial charge < -0.3 is 14.8 Å². The standard InChI is InChI=1S/C15H25N3O2/c1-4-16-13-9-14(18-15(17-13)12-5-6-12)20-8-7-19-10-11(2)3/h9,11-12H,4-8,10H2,1-3H3,(H,16,17,18). The zero-order valence-corrected chi connectivity index (χ0v) is 12.7. The zero-order chi connectivity index (χ0) is 14.4. The van der Waals surface area contributed by atoms with Crippen LogP contribution in [-0.2, 0) is 4.74 Å². The van der Waals surface area contributed by atoms with Crippen molar-refractivity contribution >= 4 is 5.82 Å². The molecule has 0 radical (unpaired) electrons. The molecule has 0 atom stereocenters. The lowest BCUT2D eigenvalue weighted by Gasteiger charge is -2.10. The Hall–Kier alpha value is -1.36. The number of nitrogens with one attached hydrogen (secondary N) is 1. The maximum absolute atomic E-state index is 5.68. The fourth-order valence-electron chi connectivity index (χ4n) is 1.84. The van der Waals surface area contributed by atoms with Crippen molar-refractivity contribution in [2.45, 2.75) is 39.5 Å². The lowest BCUT2D eigenvalue weighted by Crippen LogP contribution is -2.12. The molecular formula is C15H25N3O2. The molecule has 1 fully saturated rings. The molecule has 1 N–H and O–H groups in total. The van der Waals surface area contributed by atoms with Gasteiger partial charge >= 0.3 is 0 Å². The topological polar surface area (TPSA) is 56.3 Å². The molecule has 0 spiro atoms. The van der Waals surface area contributed by atoms with Gasteiger partial charge in [-0.15, -0.1) is 0 Å². The number of hydrogen-bond acceptors (Lipinski definition) is 5. The van der Waals surface area contributed by atoms with Crippen LogP contribution in [0.3, 0.4) is 0 Å². The summed E-state index contributed by atoms with van der Waals surface area (Å²) in [6.45, 7) is 9.06. The van der Waals surface area contributed by atoms with Crippen LogP contribution in [0.25, 0.3) is 0 Å². The molecule has 1 aromatic heterocycles. The minimum Gasteiger partial charge on any atom is -0.475 e. The molecule has 0 bridgehead atoms. The van der Waals surface area contributed by atoms with Crippen LogP contribution < -0.4 is 10.1 Å². The number of anilines is 1. The van der Waals surface area contributed by atoms with Crippen LogP contribution in [0.2, 0.25) is 0 Å². The molecule has 0 saturated heterocycles. The van der Waals surface area contributed by atoms with Crippen molar-refractivity contribution in [3.63, 3.8) is 0 Å². The molecule has 0 unspecified atom stereocenters. The van der Waals surface area contributed by atoms with Crippen molar-refractivity contribution in [1.82, 2.24) is 9.97 Å². The number of rotatable bonds is 9. The average Bonchev–Trinajstić information content (AvgIpc) is 3.22. The highest BCUT2D eigenvalue weighted by molar-refractivity contribution is 5.39. The monoisotopic (exact) mass is 279 g/mol. The third-order valence-corrected chi connectivity index (χ3v) is 2.95. The van der Waals surface area contributed by atoms with Gasteiger partial charge in [0.05, 0.1) is 6.61 Å². The summed E-state index contributed by atoms with van der Waals surface area (Å²) in [5, 5.41) is 3.23. The molecule has 0 aromatic carbocycles. The second-order valence-electron chi connectivity index (χ2n) is 5.57. The maximum atomic E-state index is 5.68. The van der Waals surface area contributed by atoms with Gasteiger partial charge in [0.25, 0.3) is 0 Å². The van der Waals surface area contributed by atoms with Gasteiger partial charge in [-0.3, -0.25) is 0 Å². The van der Waals surface area contributed by atoms with Crippen LogP contribution in [0.1, 0.15) is 45.4 Å². The largest absolute Gasteiger partial charge is 0.475 e. The van der Waals surface area contributed by atoms with Gasteiger partial charge in [-0.2, -0.15) is 4.98 Å². The van der Waals surface area contributed by atoms with Gasteiger partial charge in [0.15, 0.2) is 0 Å². The highest BCUT2D eigenvalue weighted by Crippen LogP contribution is 2.39. The Morgan fingerprint density at radius 1 is 1.30 bits per heavy atom. The van der Waals surface area contributed by atoms with E-state index in [0.717, 1.165) is 24.8 Å². The summed E-state index contributed by atoms with van der Waals surface area (Å²) in [4.78, 5) is 9.00. The second kappa shape index (κ2) is 7.43. The van der Waals surface area contributed by atoms with Crippen LogP contribution in [-0.4, -0.2) is 36.3 Å². The molecule has 1 aliphatic carbocycles. The van der Waals surface area contributed by atoms with Crippen LogP contribution >= 0.6 is 0 Å². The first kappa shape index (κ1) is 15.0. The van der Waals surface area contributed by atoms with Gasteiger partial charge in [0, 0.05) is 25.1 Å². The average molecular weight is 279 g/mol. The molecule has 5 heteroatoms. The van der Waals surface area contributed by atoms with E-state index < -0.39 is 0 Å². The maximum Gasteiger partial charge on any atom is 0.218 e. The Labute approximate surface area is 121 Å². The van der Waals surface area contributed by atoms with Crippen molar-refractivity contribution in [1.29, 1.82) is 0 Å². The zero-order valence-electron chi connectivity index (χ0n) is 12.7. The highest BCUT2D eigenvalue weighted by Gasteiger charge is 2.27. The van der Waals surface area contributed by atoms with Crippen molar-refractivity contribution in [2.24, 2.45) is 5.92 Å². The minimum atomic E-state index is 0.521. The van der Waals surface area contributed by atoms with E-state index in [-0.39, 0.29) is 0 Å². The SMILES string of the molecule is CCNc1cc(OCCOCC(C)C)nc(C2CC2)n1. The van der Waals surface area contributed by atoms with Gasteiger partial charge in [0.1, 0.15) is 18.2 Å². The van der Waals surface area contributed by atoms with Gasteiger partial charge in [0.2, 0.25) is 5.88 Å². The normalized spacial score (nSPS) is 14.6. The van der Waals surface area contributed by atoms with E-state index in [0.29, 0.717) is 30.9 Å². The second-order valence-corrected chi connectivity index (χ2v) is 5.57. The summed E-state index contributed by atoms with van der Waals surface area (Å²) in [6, 6.07) is 1.86. The number of nitrogens with zero attached hydrogens (tertiary/aromatic N) is 2. The minimum absolute atomic E-state index is 0.521. The Balaban J connectivity index is 1.85. The first-order valence-electron chi connectivity index (χ1n) is 7.52. The molecule has 20 heavy (non-hydrogen) atoms. The molecule has 1 saturated carbocycles. The number of aromatic nitrogens is 2. The lowest BCUT2D eigenvalue weighted by molar-refractivity contribution is 0.0805. The van der Waals surface area contributed by atoms with Crippen molar-refractivity contribution in [3.05, 3.63) is 11.9 Å². The first-order chi connectivity index (χ1) is 9.69. The fourth-order valence-corrected chi connectivity index (χ4v) is 1.84. The van der Waals surface area contributed by atoms with Gasteiger partial charge in [-0.25, -0.2) is 4.98 Å². The lowest BCUT2D eigenvalue weighted by atomic mass is 10.2. The molecule has 112 valence electrons. The summed E-state index contributed by atoms with van der Waals surface area (Å²) in [7, 11) is 0. The first-order valence-corrected chi connectivity index (χ1v) is 7.52. The third kappa shape index (κ3) is 4.96. The quantitative estimate of drug-likeness (QED) is 0.704. The van der Waals surface area contributed by atoms with Crippen molar-refractivity contribution in [3.8, 4) is 5.88 Å². The smallest absolute Gasteiger partial charge is 0.218 e. The molecular weight excluding hydrogens is 254 g/mol. The summed E-state index contributed by atoms with van der Waals surface area (Å²) < 4.78 is 11.2. The number of hydrogen-bond donors (Lipinski definition) is 1. The van der Waals surface area contributed by atoms with Gasteiger partial charge in [-0.1, -0.05) is 13.8 Å². The molecule has 1 aromatic rings. The van der Waals surface area contributed by atoms with Crippen LogP contribution in [0.4, 0.5) is 5.82 Å². The van der Waals surface area contributed by atoms with Crippen molar-refractivity contribution in [2.75, 3.05) is 31.7 Å². The molecule has 2 rings (SSSR count). The van der Waals surface area contributed by atoms with Crippen molar-refractivity contribution < 1.29 is 9.47 Å². The van der Waals surface area contributed by atoms with E-state index in [9.17, 15) is 0 Å². The van der Waals surface area contributed by atoms with Crippen LogP contribution in [0.5, 0.6) is 5.88 Å². The van der Waals surface area contributed by atoms with E-state index >= 15 is 0 Å². The summed E-state index contributed by atoms with van der Waals surface area (Å²) in [5.41, 5.74) is 0. The number of ether oxygens (including phenoxy) is 2. The highest BCUT2D eigenvalue weighted by atomic mass is 16.5. The summed E-state index contributed by atoms with van der Waals surface area (Å²) >= 11 is 0. The predicted octanol–water partition coefficient (Wildman–Crippen LogP) is 2.84. The Bertz CT molecular complexity index is 420. The Morgan fingerprint density at radius 2 is 2.10 bits per heavy atom. The van der Waals surface area contributed by atoms with E-state index in [1.807, 2.05) is 6.07 Å². The molecule has 5 nitrogen and oxygen atoms in total. The molecule has 0 amide bonds. The van der Waals surface area contributed by atoms with E-state index in [2.05, 4.69) is 36.1 Å². The van der Waals surface area contributed by atoms with E-state index in [4.69, 9.17) is 9.47 Å². The molecule has 1 aliphatic rings. The Morgan fingerprint density at radius 3 is 2.75 bits per heavy atom. The van der Waals surface area contributed by atoms with Gasteiger partial charge in [-0.05, 0) is 25.7 Å². The van der Waals surface area contributed by atoms with Crippen LogP contribution in [0, 0.1) is 5.92 Å². The molecule has 1 heterocycles. The van der Waals surface area contributed by atoms with Crippen LogP contribution in [0.15, 0.2) is 6.07 Å².